The molecule has 1 aromatic carbocycles. The molecule has 2 unspecified atom stereocenters. The molecule has 2 heterocycles. The lowest BCUT2D eigenvalue weighted by Gasteiger charge is -2.31. The van der Waals surface area contributed by atoms with Gasteiger partial charge in [0.2, 0.25) is 0 Å². The van der Waals surface area contributed by atoms with E-state index in [1.54, 1.807) is 0 Å². The fourth-order valence-electron chi connectivity index (χ4n) is 3.18. The largest absolute Gasteiger partial charge is 0.391 e. The van der Waals surface area contributed by atoms with Crippen LogP contribution in [0.5, 0.6) is 0 Å². The van der Waals surface area contributed by atoms with E-state index in [1.807, 2.05) is 0 Å². The number of hydrogen-bond acceptors (Lipinski definition) is 3. The smallest absolute Gasteiger partial charge is 0.0755 e. The number of anilines is 1. The average Bonchev–Trinajstić information content (AvgIpc) is 2.83. The van der Waals surface area contributed by atoms with E-state index in [0.29, 0.717) is 5.92 Å². The third-order valence-corrected chi connectivity index (χ3v) is 4.27. The maximum absolute atomic E-state index is 10.4. The van der Waals surface area contributed by atoms with Crippen molar-refractivity contribution in [3.63, 3.8) is 0 Å². The zero-order chi connectivity index (χ0) is 12.4. The molecule has 1 fully saturated rings. The van der Waals surface area contributed by atoms with E-state index < -0.39 is 0 Å². The topological polar surface area (TPSA) is 35.5 Å². The molecule has 18 heavy (non-hydrogen) atoms. The van der Waals surface area contributed by atoms with Crippen molar-refractivity contribution in [1.82, 2.24) is 5.32 Å². The first-order chi connectivity index (χ1) is 8.84. The third-order valence-electron chi connectivity index (χ3n) is 4.27. The summed E-state index contributed by atoms with van der Waals surface area (Å²) < 4.78 is 0. The van der Waals surface area contributed by atoms with Gasteiger partial charge in [0, 0.05) is 25.3 Å². The summed E-state index contributed by atoms with van der Waals surface area (Å²) in [6.45, 7) is 3.91. The van der Waals surface area contributed by atoms with Crippen LogP contribution in [0.25, 0.3) is 0 Å². The standard InChI is InChI=1S/C15H22N2O/c18-15(13-5-3-8-16-10-13)11-17-9-7-12-4-1-2-6-14(12)17/h1-2,4,6,13,15-16,18H,3,5,7-11H2. The molecular weight excluding hydrogens is 224 g/mol. The van der Waals surface area contributed by atoms with Crippen molar-refractivity contribution in [2.45, 2.75) is 25.4 Å². The van der Waals surface area contributed by atoms with Crippen molar-refractivity contribution >= 4 is 5.69 Å². The number of aliphatic hydroxyl groups is 1. The number of piperidine rings is 1. The molecule has 0 radical (unpaired) electrons. The summed E-state index contributed by atoms with van der Waals surface area (Å²) in [7, 11) is 0. The maximum Gasteiger partial charge on any atom is 0.0755 e. The first kappa shape index (κ1) is 12.0. The molecule has 2 atom stereocenters. The number of nitrogens with zero attached hydrogens (tertiary/aromatic N) is 1. The summed E-state index contributed by atoms with van der Waals surface area (Å²) in [5, 5.41) is 13.8. The number of fused-ring (bicyclic) bond motifs is 1. The van der Waals surface area contributed by atoms with Crippen LogP contribution in [0.1, 0.15) is 18.4 Å². The lowest BCUT2D eigenvalue weighted by molar-refractivity contribution is 0.0976. The number of β-amino-alcohol motifs (C(OH)–C–C–N with tert-alkyl or cyclic N) is 1. The van der Waals surface area contributed by atoms with Crippen molar-refractivity contribution in [3.8, 4) is 0 Å². The first-order valence-corrected chi connectivity index (χ1v) is 7.06. The lowest BCUT2D eigenvalue weighted by Crippen LogP contribution is -2.42. The second-order valence-electron chi connectivity index (χ2n) is 5.50. The fraction of sp³-hybridized carbons (Fsp3) is 0.600. The van der Waals surface area contributed by atoms with Crippen LogP contribution in [0.3, 0.4) is 0 Å². The summed E-state index contributed by atoms with van der Waals surface area (Å²) in [5.41, 5.74) is 2.74. The number of hydrogen-bond donors (Lipinski definition) is 2. The first-order valence-electron chi connectivity index (χ1n) is 7.06. The molecule has 0 bridgehead atoms. The molecule has 98 valence electrons. The monoisotopic (exact) mass is 246 g/mol. The highest BCUT2D eigenvalue weighted by Gasteiger charge is 2.26. The molecule has 1 aromatic rings. The van der Waals surface area contributed by atoms with Gasteiger partial charge in [0.05, 0.1) is 6.10 Å². The molecule has 0 saturated carbocycles. The van der Waals surface area contributed by atoms with Crippen molar-refractivity contribution in [2.75, 3.05) is 31.1 Å². The minimum absolute atomic E-state index is 0.205. The van der Waals surface area contributed by atoms with Crippen LogP contribution < -0.4 is 10.2 Å². The van der Waals surface area contributed by atoms with Crippen molar-refractivity contribution in [2.24, 2.45) is 5.92 Å². The molecule has 1 saturated heterocycles. The Labute approximate surface area is 109 Å². The van der Waals surface area contributed by atoms with Crippen LogP contribution in [-0.2, 0) is 6.42 Å². The minimum Gasteiger partial charge on any atom is -0.391 e. The normalized spacial score (nSPS) is 24.9. The minimum atomic E-state index is -0.205. The van der Waals surface area contributed by atoms with E-state index in [4.69, 9.17) is 0 Å². The van der Waals surface area contributed by atoms with E-state index in [2.05, 4.69) is 34.5 Å². The highest BCUT2D eigenvalue weighted by Crippen LogP contribution is 2.28. The van der Waals surface area contributed by atoms with E-state index in [0.717, 1.165) is 39.0 Å². The quantitative estimate of drug-likeness (QED) is 0.846. The average molecular weight is 246 g/mol. The van der Waals surface area contributed by atoms with Gasteiger partial charge >= 0.3 is 0 Å². The number of aliphatic hydroxyl groups excluding tert-OH is 1. The highest BCUT2D eigenvalue weighted by molar-refractivity contribution is 5.57. The van der Waals surface area contributed by atoms with Gasteiger partial charge in [-0.05, 0) is 43.4 Å². The zero-order valence-corrected chi connectivity index (χ0v) is 10.8. The molecule has 0 aliphatic carbocycles. The molecule has 2 N–H and O–H groups in total. The van der Waals surface area contributed by atoms with Crippen LogP contribution in [0.2, 0.25) is 0 Å². The lowest BCUT2D eigenvalue weighted by atomic mass is 9.93. The summed E-state index contributed by atoms with van der Waals surface area (Å²) in [6.07, 6.45) is 3.26. The molecule has 3 nitrogen and oxygen atoms in total. The van der Waals surface area contributed by atoms with Gasteiger partial charge in [-0.1, -0.05) is 18.2 Å². The zero-order valence-electron chi connectivity index (χ0n) is 10.8. The molecule has 3 heteroatoms. The molecule has 2 aliphatic heterocycles. The summed E-state index contributed by atoms with van der Waals surface area (Å²) in [4.78, 5) is 2.34. The molecule has 3 rings (SSSR count). The summed E-state index contributed by atoms with van der Waals surface area (Å²) in [5.74, 6) is 0.423. The maximum atomic E-state index is 10.4. The van der Waals surface area contributed by atoms with E-state index in [-0.39, 0.29) is 6.10 Å². The number of rotatable bonds is 3. The van der Waals surface area contributed by atoms with Gasteiger partial charge < -0.3 is 15.3 Å². The number of benzene rings is 1. The second kappa shape index (κ2) is 5.29. The predicted octanol–water partition coefficient (Wildman–Crippen LogP) is 1.41. The Morgan fingerprint density at radius 2 is 2.28 bits per heavy atom. The molecule has 0 aromatic heterocycles. The van der Waals surface area contributed by atoms with E-state index in [9.17, 15) is 5.11 Å². The Morgan fingerprint density at radius 1 is 1.39 bits per heavy atom. The van der Waals surface area contributed by atoms with Crippen molar-refractivity contribution < 1.29 is 5.11 Å². The highest BCUT2D eigenvalue weighted by atomic mass is 16.3. The molecule has 0 amide bonds. The van der Waals surface area contributed by atoms with Gasteiger partial charge in [-0.3, -0.25) is 0 Å². The van der Waals surface area contributed by atoms with E-state index in [1.165, 1.54) is 17.7 Å². The van der Waals surface area contributed by atoms with Gasteiger partial charge in [-0.2, -0.15) is 0 Å². The van der Waals surface area contributed by atoms with Gasteiger partial charge in [-0.25, -0.2) is 0 Å². The summed E-state index contributed by atoms with van der Waals surface area (Å²) in [6, 6.07) is 8.56. The fourth-order valence-corrected chi connectivity index (χ4v) is 3.18. The number of nitrogens with one attached hydrogen (secondary N) is 1. The summed E-state index contributed by atoms with van der Waals surface area (Å²) >= 11 is 0. The van der Waals surface area contributed by atoms with Gasteiger partial charge in [0.25, 0.3) is 0 Å². The van der Waals surface area contributed by atoms with Crippen molar-refractivity contribution in [3.05, 3.63) is 29.8 Å². The SMILES string of the molecule is OC(CN1CCc2ccccc21)C1CCCNC1. The molecule has 2 aliphatic rings. The van der Waals surface area contributed by atoms with Crippen LogP contribution in [-0.4, -0.2) is 37.4 Å². The van der Waals surface area contributed by atoms with Crippen LogP contribution in [0.15, 0.2) is 24.3 Å². The van der Waals surface area contributed by atoms with Crippen LogP contribution >= 0.6 is 0 Å². The van der Waals surface area contributed by atoms with E-state index >= 15 is 0 Å². The molecular formula is C15H22N2O. The molecule has 0 spiro atoms. The Kier molecular flexibility index (Phi) is 3.52. The Hall–Kier alpha value is -1.06. The second-order valence-corrected chi connectivity index (χ2v) is 5.50. The predicted molar refractivity (Wildman–Crippen MR) is 74.0 cm³/mol. The van der Waals surface area contributed by atoms with Crippen molar-refractivity contribution in [1.29, 1.82) is 0 Å². The third kappa shape index (κ3) is 2.38. The Balaban J connectivity index is 1.63. The van der Waals surface area contributed by atoms with Gasteiger partial charge in [0.15, 0.2) is 0 Å². The van der Waals surface area contributed by atoms with Gasteiger partial charge in [-0.15, -0.1) is 0 Å². The number of para-hydroxylation sites is 1. The van der Waals surface area contributed by atoms with Crippen LogP contribution in [0.4, 0.5) is 5.69 Å². The van der Waals surface area contributed by atoms with Gasteiger partial charge in [0.1, 0.15) is 0 Å². The van der Waals surface area contributed by atoms with Crippen LogP contribution in [0, 0.1) is 5.92 Å². The Bertz CT molecular complexity index is 401. The Morgan fingerprint density at radius 3 is 3.11 bits per heavy atom.